The fraction of sp³-hybridized carbons (Fsp3) is 0.524. The molecule has 8 nitrogen and oxygen atoms in total. The fourth-order valence-corrected chi connectivity index (χ4v) is 4.68. The molecule has 2 amide bonds. The van der Waals surface area contributed by atoms with Gasteiger partial charge in [0.05, 0.1) is 11.5 Å². The first-order valence-corrected chi connectivity index (χ1v) is 11.4. The van der Waals surface area contributed by atoms with Gasteiger partial charge in [-0.15, -0.1) is 21.5 Å². The number of piperazine rings is 1. The van der Waals surface area contributed by atoms with E-state index in [1.165, 1.54) is 0 Å². The van der Waals surface area contributed by atoms with Crippen LogP contribution < -0.4 is 4.90 Å². The van der Waals surface area contributed by atoms with Gasteiger partial charge in [0.2, 0.25) is 5.91 Å². The predicted octanol–water partition coefficient (Wildman–Crippen LogP) is 2.72. The molecule has 2 aliphatic heterocycles. The number of ether oxygens (including phenoxy) is 1. The lowest BCUT2D eigenvalue weighted by molar-refractivity contribution is -0.137. The molecule has 0 unspecified atom stereocenters. The fourth-order valence-electron chi connectivity index (χ4n) is 3.99. The molecule has 4 rings (SSSR count). The average molecular weight is 430 g/mol. The smallest absolute Gasteiger partial charge is 0.409 e. The second-order valence-electron chi connectivity index (χ2n) is 7.53. The molecular formula is C21H27N5O3S. The van der Waals surface area contributed by atoms with Crippen molar-refractivity contribution < 1.29 is 14.3 Å². The third kappa shape index (κ3) is 4.56. The number of aromatic nitrogens is 2. The molecule has 2 aromatic heterocycles. The molecule has 0 aromatic carbocycles. The van der Waals surface area contributed by atoms with Gasteiger partial charge in [0.25, 0.3) is 0 Å². The van der Waals surface area contributed by atoms with Crippen LogP contribution in [0.2, 0.25) is 0 Å². The van der Waals surface area contributed by atoms with E-state index in [2.05, 4.69) is 15.1 Å². The minimum atomic E-state index is -0.288. The van der Waals surface area contributed by atoms with Crippen LogP contribution in [0.15, 0.2) is 29.6 Å². The van der Waals surface area contributed by atoms with Crippen LogP contribution in [0.25, 0.3) is 10.6 Å². The molecule has 2 aliphatic rings. The van der Waals surface area contributed by atoms with Crippen LogP contribution in [0.1, 0.15) is 19.8 Å². The molecule has 30 heavy (non-hydrogen) atoms. The van der Waals surface area contributed by atoms with E-state index in [1.807, 2.05) is 34.5 Å². The number of carbonyl (C=O) groups excluding carboxylic acids is 2. The minimum Gasteiger partial charge on any atom is -0.450 e. The zero-order chi connectivity index (χ0) is 20.9. The summed E-state index contributed by atoms with van der Waals surface area (Å²) in [6, 6.07) is 8.07. The summed E-state index contributed by atoms with van der Waals surface area (Å²) in [7, 11) is 0. The SMILES string of the molecule is CCOC(=O)N1CCN(C(=O)C2CCN(c3ccc(-c4cccs4)nn3)CC2)CC1. The van der Waals surface area contributed by atoms with Crippen molar-refractivity contribution in [2.24, 2.45) is 5.92 Å². The number of anilines is 1. The third-order valence-electron chi connectivity index (χ3n) is 5.71. The zero-order valence-corrected chi connectivity index (χ0v) is 18.0. The zero-order valence-electron chi connectivity index (χ0n) is 17.2. The molecule has 0 N–H and O–H groups in total. The number of thiophene rings is 1. The lowest BCUT2D eigenvalue weighted by Gasteiger charge is -2.38. The van der Waals surface area contributed by atoms with Crippen LogP contribution in [-0.2, 0) is 9.53 Å². The summed E-state index contributed by atoms with van der Waals surface area (Å²) in [6.07, 6.45) is 1.33. The van der Waals surface area contributed by atoms with Crippen LogP contribution in [0.3, 0.4) is 0 Å². The Morgan fingerprint density at radius 1 is 1.03 bits per heavy atom. The summed E-state index contributed by atoms with van der Waals surface area (Å²) in [5.41, 5.74) is 0.890. The summed E-state index contributed by atoms with van der Waals surface area (Å²) in [5.74, 6) is 1.11. The quantitative estimate of drug-likeness (QED) is 0.744. The minimum absolute atomic E-state index is 0.0359. The lowest BCUT2D eigenvalue weighted by atomic mass is 9.95. The van der Waals surface area contributed by atoms with E-state index in [1.54, 1.807) is 23.2 Å². The maximum absolute atomic E-state index is 12.9. The summed E-state index contributed by atoms with van der Waals surface area (Å²) in [5, 5.41) is 10.8. The van der Waals surface area contributed by atoms with E-state index < -0.39 is 0 Å². The second-order valence-corrected chi connectivity index (χ2v) is 8.47. The van der Waals surface area contributed by atoms with E-state index in [0.717, 1.165) is 42.3 Å². The predicted molar refractivity (Wildman–Crippen MR) is 115 cm³/mol. The first-order valence-electron chi connectivity index (χ1n) is 10.5. The normalized spacial score (nSPS) is 17.8. The molecule has 2 aromatic rings. The van der Waals surface area contributed by atoms with Gasteiger partial charge in [-0.25, -0.2) is 4.79 Å². The van der Waals surface area contributed by atoms with Crippen molar-refractivity contribution in [2.75, 3.05) is 50.8 Å². The lowest BCUT2D eigenvalue weighted by Crippen LogP contribution is -2.53. The molecule has 9 heteroatoms. The molecule has 0 saturated carbocycles. The van der Waals surface area contributed by atoms with Crippen LogP contribution in [0, 0.1) is 5.92 Å². The van der Waals surface area contributed by atoms with Crippen LogP contribution in [0.4, 0.5) is 10.6 Å². The molecule has 2 fully saturated rings. The van der Waals surface area contributed by atoms with E-state index in [0.29, 0.717) is 32.8 Å². The Kier molecular flexibility index (Phi) is 6.47. The molecular weight excluding hydrogens is 402 g/mol. The Morgan fingerprint density at radius 2 is 1.77 bits per heavy atom. The number of rotatable bonds is 4. The molecule has 0 aliphatic carbocycles. The maximum atomic E-state index is 12.9. The maximum Gasteiger partial charge on any atom is 0.409 e. The van der Waals surface area contributed by atoms with Crippen molar-refractivity contribution in [3.63, 3.8) is 0 Å². The highest BCUT2D eigenvalue weighted by Crippen LogP contribution is 2.26. The molecule has 160 valence electrons. The Hall–Kier alpha value is -2.68. The first kappa shape index (κ1) is 20.6. The Bertz CT molecular complexity index is 842. The van der Waals surface area contributed by atoms with Gasteiger partial charge >= 0.3 is 6.09 Å². The highest BCUT2D eigenvalue weighted by atomic mass is 32.1. The molecule has 2 saturated heterocycles. The Morgan fingerprint density at radius 3 is 2.37 bits per heavy atom. The summed E-state index contributed by atoms with van der Waals surface area (Å²) in [6.45, 7) is 6.00. The number of carbonyl (C=O) groups is 2. The summed E-state index contributed by atoms with van der Waals surface area (Å²) in [4.78, 5) is 31.6. The number of nitrogens with zero attached hydrogens (tertiary/aromatic N) is 5. The van der Waals surface area contributed by atoms with Gasteiger partial charge in [0.15, 0.2) is 5.82 Å². The van der Waals surface area contributed by atoms with E-state index in [-0.39, 0.29) is 17.9 Å². The van der Waals surface area contributed by atoms with Crippen LogP contribution in [-0.4, -0.2) is 77.9 Å². The number of piperidine rings is 1. The molecule has 0 bridgehead atoms. The Labute approximate surface area is 180 Å². The van der Waals surface area contributed by atoms with Crippen molar-refractivity contribution in [1.82, 2.24) is 20.0 Å². The van der Waals surface area contributed by atoms with Gasteiger partial charge in [-0.1, -0.05) is 6.07 Å². The Balaban J connectivity index is 1.26. The third-order valence-corrected chi connectivity index (χ3v) is 6.60. The van der Waals surface area contributed by atoms with Crippen LogP contribution in [0.5, 0.6) is 0 Å². The van der Waals surface area contributed by atoms with E-state index >= 15 is 0 Å². The van der Waals surface area contributed by atoms with Crippen molar-refractivity contribution in [2.45, 2.75) is 19.8 Å². The first-order chi connectivity index (χ1) is 14.7. The standard InChI is InChI=1S/C21H27N5O3S/c1-2-29-21(28)26-13-11-25(12-14-26)20(27)16-7-9-24(10-8-16)19-6-5-17(22-23-19)18-4-3-15-30-18/h3-6,15-16H,2,7-14H2,1H3. The number of amides is 2. The van der Waals surface area contributed by atoms with Gasteiger partial charge in [-0.3, -0.25) is 4.79 Å². The van der Waals surface area contributed by atoms with Gasteiger partial charge in [0, 0.05) is 45.2 Å². The molecule has 0 radical (unpaired) electrons. The highest BCUT2D eigenvalue weighted by Gasteiger charge is 2.32. The highest BCUT2D eigenvalue weighted by molar-refractivity contribution is 7.13. The largest absolute Gasteiger partial charge is 0.450 e. The van der Waals surface area contributed by atoms with Gasteiger partial charge in [-0.05, 0) is 43.3 Å². The van der Waals surface area contributed by atoms with Gasteiger partial charge < -0.3 is 19.4 Å². The van der Waals surface area contributed by atoms with Crippen molar-refractivity contribution in [3.05, 3.63) is 29.6 Å². The van der Waals surface area contributed by atoms with Gasteiger partial charge in [0.1, 0.15) is 5.69 Å². The van der Waals surface area contributed by atoms with Crippen molar-refractivity contribution in [3.8, 4) is 10.6 Å². The van der Waals surface area contributed by atoms with Crippen LogP contribution >= 0.6 is 11.3 Å². The number of hydrogen-bond donors (Lipinski definition) is 0. The topological polar surface area (TPSA) is 78.9 Å². The monoisotopic (exact) mass is 429 g/mol. The van der Waals surface area contributed by atoms with Crippen molar-refractivity contribution in [1.29, 1.82) is 0 Å². The second kappa shape index (κ2) is 9.42. The van der Waals surface area contributed by atoms with E-state index in [9.17, 15) is 9.59 Å². The molecule has 0 spiro atoms. The van der Waals surface area contributed by atoms with Gasteiger partial charge in [-0.2, -0.15) is 0 Å². The van der Waals surface area contributed by atoms with Crippen molar-refractivity contribution >= 4 is 29.2 Å². The average Bonchev–Trinajstić information content (AvgIpc) is 3.34. The molecule has 0 atom stereocenters. The number of hydrogen-bond acceptors (Lipinski definition) is 7. The summed E-state index contributed by atoms with van der Waals surface area (Å²) < 4.78 is 5.04. The molecule has 4 heterocycles. The van der Waals surface area contributed by atoms with E-state index in [4.69, 9.17) is 4.74 Å². The summed E-state index contributed by atoms with van der Waals surface area (Å²) >= 11 is 1.65.